The largest absolute Gasteiger partial charge is 0.492 e. The highest BCUT2D eigenvalue weighted by atomic mass is 16.5. The standard InChI is InChI=1S/C13H21NO2/c1-10-5-6-12(11(2)15)13(9-10)16-8-7-14(3)4/h5-6,9,11,15H,7-8H2,1-4H3. The fraction of sp³-hybridized carbons (Fsp3) is 0.538. The minimum absolute atomic E-state index is 0.491. The van der Waals surface area contributed by atoms with E-state index in [0.717, 1.165) is 23.4 Å². The van der Waals surface area contributed by atoms with Gasteiger partial charge < -0.3 is 14.7 Å². The third-order valence-corrected chi connectivity index (χ3v) is 2.42. The molecule has 0 spiro atoms. The van der Waals surface area contributed by atoms with E-state index < -0.39 is 6.10 Å². The molecule has 1 N–H and O–H groups in total. The van der Waals surface area contributed by atoms with Crippen LogP contribution in [0.4, 0.5) is 0 Å². The summed E-state index contributed by atoms with van der Waals surface area (Å²) in [7, 11) is 4.02. The number of ether oxygens (including phenoxy) is 1. The Morgan fingerprint density at radius 1 is 1.38 bits per heavy atom. The molecule has 0 bridgehead atoms. The van der Waals surface area contributed by atoms with Gasteiger partial charge in [-0.2, -0.15) is 0 Å². The lowest BCUT2D eigenvalue weighted by Gasteiger charge is -2.16. The fourth-order valence-corrected chi connectivity index (χ4v) is 1.45. The summed E-state index contributed by atoms with van der Waals surface area (Å²) in [4.78, 5) is 2.07. The van der Waals surface area contributed by atoms with Crippen molar-refractivity contribution in [2.45, 2.75) is 20.0 Å². The van der Waals surface area contributed by atoms with Gasteiger partial charge in [-0.1, -0.05) is 12.1 Å². The molecular formula is C13H21NO2. The van der Waals surface area contributed by atoms with Crippen molar-refractivity contribution in [2.75, 3.05) is 27.2 Å². The number of benzene rings is 1. The van der Waals surface area contributed by atoms with E-state index in [1.165, 1.54) is 0 Å². The predicted octanol–water partition coefficient (Wildman–Crippen LogP) is 1.99. The van der Waals surface area contributed by atoms with E-state index >= 15 is 0 Å². The Balaban J connectivity index is 2.72. The number of aliphatic hydroxyl groups is 1. The second-order valence-electron chi connectivity index (χ2n) is 4.37. The average molecular weight is 223 g/mol. The maximum atomic E-state index is 9.61. The van der Waals surface area contributed by atoms with Crippen LogP contribution < -0.4 is 4.74 Å². The summed E-state index contributed by atoms with van der Waals surface area (Å²) >= 11 is 0. The Labute approximate surface area is 97.7 Å². The van der Waals surface area contributed by atoms with Gasteiger partial charge in [0.1, 0.15) is 12.4 Å². The Kier molecular flexibility index (Phi) is 4.77. The van der Waals surface area contributed by atoms with Crippen LogP contribution in [-0.2, 0) is 0 Å². The molecule has 0 aliphatic carbocycles. The summed E-state index contributed by atoms with van der Waals surface area (Å²) in [6.45, 7) is 5.28. The predicted molar refractivity (Wildman–Crippen MR) is 65.9 cm³/mol. The Morgan fingerprint density at radius 2 is 2.06 bits per heavy atom. The number of likely N-dealkylation sites (N-methyl/N-ethyl adjacent to an activating group) is 1. The zero-order chi connectivity index (χ0) is 12.1. The maximum Gasteiger partial charge on any atom is 0.125 e. The van der Waals surface area contributed by atoms with E-state index in [0.29, 0.717) is 6.61 Å². The van der Waals surface area contributed by atoms with Crippen molar-refractivity contribution in [1.29, 1.82) is 0 Å². The highest BCUT2D eigenvalue weighted by Gasteiger charge is 2.09. The molecule has 90 valence electrons. The fourth-order valence-electron chi connectivity index (χ4n) is 1.45. The van der Waals surface area contributed by atoms with Crippen LogP contribution in [0.15, 0.2) is 18.2 Å². The Morgan fingerprint density at radius 3 is 2.62 bits per heavy atom. The third kappa shape index (κ3) is 3.83. The van der Waals surface area contributed by atoms with Crippen LogP contribution in [-0.4, -0.2) is 37.3 Å². The van der Waals surface area contributed by atoms with Gasteiger partial charge in [0.2, 0.25) is 0 Å². The van der Waals surface area contributed by atoms with E-state index in [1.807, 2.05) is 39.2 Å². The molecule has 16 heavy (non-hydrogen) atoms. The second-order valence-corrected chi connectivity index (χ2v) is 4.37. The summed E-state index contributed by atoms with van der Waals surface area (Å²) < 4.78 is 5.69. The first-order chi connectivity index (χ1) is 7.50. The van der Waals surface area contributed by atoms with Crippen LogP contribution in [0.25, 0.3) is 0 Å². The van der Waals surface area contributed by atoms with Crippen molar-refractivity contribution in [2.24, 2.45) is 0 Å². The van der Waals surface area contributed by atoms with Crippen LogP contribution in [0.5, 0.6) is 5.75 Å². The molecular weight excluding hydrogens is 202 g/mol. The smallest absolute Gasteiger partial charge is 0.125 e. The van der Waals surface area contributed by atoms with Crippen molar-refractivity contribution >= 4 is 0 Å². The van der Waals surface area contributed by atoms with E-state index in [2.05, 4.69) is 4.90 Å². The minimum Gasteiger partial charge on any atom is -0.492 e. The zero-order valence-electron chi connectivity index (χ0n) is 10.5. The van der Waals surface area contributed by atoms with Crippen molar-refractivity contribution < 1.29 is 9.84 Å². The van der Waals surface area contributed by atoms with Gasteiger partial charge in [0, 0.05) is 12.1 Å². The Hall–Kier alpha value is -1.06. The molecule has 0 heterocycles. The van der Waals surface area contributed by atoms with Gasteiger partial charge in [0.15, 0.2) is 0 Å². The second kappa shape index (κ2) is 5.87. The molecule has 0 fully saturated rings. The number of aryl methyl sites for hydroxylation is 1. The third-order valence-electron chi connectivity index (χ3n) is 2.42. The zero-order valence-corrected chi connectivity index (χ0v) is 10.5. The van der Waals surface area contributed by atoms with Crippen molar-refractivity contribution in [3.8, 4) is 5.75 Å². The summed E-state index contributed by atoms with van der Waals surface area (Å²) in [5.41, 5.74) is 1.99. The van der Waals surface area contributed by atoms with Crippen LogP contribution in [0.3, 0.4) is 0 Å². The highest BCUT2D eigenvalue weighted by Crippen LogP contribution is 2.26. The summed E-state index contributed by atoms with van der Waals surface area (Å²) in [5.74, 6) is 0.789. The van der Waals surface area contributed by atoms with Gasteiger partial charge in [-0.05, 0) is 39.6 Å². The van der Waals surface area contributed by atoms with Crippen LogP contribution in [0, 0.1) is 6.92 Å². The van der Waals surface area contributed by atoms with E-state index in [4.69, 9.17) is 4.74 Å². The first kappa shape index (κ1) is 13.0. The first-order valence-corrected chi connectivity index (χ1v) is 5.57. The number of hydrogen-bond donors (Lipinski definition) is 1. The molecule has 1 atom stereocenters. The molecule has 0 aliphatic rings. The molecule has 0 amide bonds. The monoisotopic (exact) mass is 223 g/mol. The Bertz CT molecular complexity index is 335. The summed E-state index contributed by atoms with van der Waals surface area (Å²) in [6, 6.07) is 5.88. The van der Waals surface area contributed by atoms with Crippen molar-refractivity contribution in [3.05, 3.63) is 29.3 Å². The molecule has 3 nitrogen and oxygen atoms in total. The lowest BCUT2D eigenvalue weighted by atomic mass is 10.1. The summed E-state index contributed by atoms with van der Waals surface area (Å²) in [6.07, 6.45) is -0.491. The molecule has 0 aliphatic heterocycles. The molecule has 1 rings (SSSR count). The van der Waals surface area contributed by atoms with Gasteiger partial charge in [0.05, 0.1) is 6.10 Å². The van der Waals surface area contributed by atoms with E-state index in [-0.39, 0.29) is 0 Å². The van der Waals surface area contributed by atoms with Crippen LogP contribution >= 0.6 is 0 Å². The van der Waals surface area contributed by atoms with Gasteiger partial charge in [-0.25, -0.2) is 0 Å². The molecule has 0 saturated heterocycles. The van der Waals surface area contributed by atoms with Gasteiger partial charge in [0.25, 0.3) is 0 Å². The van der Waals surface area contributed by atoms with E-state index in [9.17, 15) is 5.11 Å². The normalized spacial score (nSPS) is 12.9. The minimum atomic E-state index is -0.491. The lowest BCUT2D eigenvalue weighted by Crippen LogP contribution is -2.19. The first-order valence-electron chi connectivity index (χ1n) is 5.57. The lowest BCUT2D eigenvalue weighted by molar-refractivity contribution is 0.188. The number of nitrogens with zero attached hydrogens (tertiary/aromatic N) is 1. The SMILES string of the molecule is Cc1ccc(C(C)O)c(OCCN(C)C)c1. The number of aliphatic hydroxyl groups excluding tert-OH is 1. The molecule has 3 heteroatoms. The summed E-state index contributed by atoms with van der Waals surface area (Å²) in [5, 5.41) is 9.61. The topological polar surface area (TPSA) is 32.7 Å². The molecule has 0 aromatic heterocycles. The maximum absolute atomic E-state index is 9.61. The van der Waals surface area contributed by atoms with Gasteiger partial charge >= 0.3 is 0 Å². The molecule has 1 aromatic carbocycles. The number of rotatable bonds is 5. The highest BCUT2D eigenvalue weighted by molar-refractivity contribution is 5.38. The van der Waals surface area contributed by atoms with Crippen molar-refractivity contribution in [3.63, 3.8) is 0 Å². The van der Waals surface area contributed by atoms with Crippen molar-refractivity contribution in [1.82, 2.24) is 4.90 Å². The molecule has 1 aromatic rings. The van der Waals surface area contributed by atoms with E-state index in [1.54, 1.807) is 6.92 Å². The van der Waals surface area contributed by atoms with Crippen LogP contribution in [0.2, 0.25) is 0 Å². The quantitative estimate of drug-likeness (QED) is 0.828. The van der Waals surface area contributed by atoms with Gasteiger partial charge in [-0.15, -0.1) is 0 Å². The van der Waals surface area contributed by atoms with Gasteiger partial charge in [-0.3, -0.25) is 0 Å². The average Bonchev–Trinajstić information content (AvgIpc) is 2.16. The van der Waals surface area contributed by atoms with Crippen LogP contribution in [0.1, 0.15) is 24.2 Å². The molecule has 1 unspecified atom stereocenters. The molecule has 0 radical (unpaired) electrons. The molecule has 0 saturated carbocycles. The number of hydrogen-bond acceptors (Lipinski definition) is 3.